The quantitative estimate of drug-likeness (QED) is 0.403. The van der Waals surface area contributed by atoms with Crippen LogP contribution in [0.2, 0.25) is 0 Å². The van der Waals surface area contributed by atoms with Gasteiger partial charge < -0.3 is 17.2 Å². The van der Waals surface area contributed by atoms with Gasteiger partial charge in [-0.05, 0) is 40.5 Å². The number of carbonyl (C=O) groups excluding carboxylic acids is 3. The molecule has 0 fully saturated rings. The van der Waals surface area contributed by atoms with Crippen LogP contribution in [-0.4, -0.2) is 34.3 Å². The molecule has 0 spiro atoms. The third-order valence-corrected chi connectivity index (χ3v) is 11.4. The highest BCUT2D eigenvalue weighted by atomic mass is 33.1. The van der Waals surface area contributed by atoms with Gasteiger partial charge in [0.15, 0.2) is 0 Å². The zero-order valence-electron chi connectivity index (χ0n) is 16.0. The molecule has 8 nitrogen and oxygen atoms in total. The molecule has 0 radical (unpaired) electrons. The van der Waals surface area contributed by atoms with E-state index >= 15 is 0 Å². The van der Waals surface area contributed by atoms with Crippen LogP contribution in [0.15, 0.2) is 0 Å². The van der Waals surface area contributed by atoms with Crippen molar-refractivity contribution >= 4 is 46.3 Å². The van der Waals surface area contributed by atoms with E-state index < -0.39 is 40.1 Å². The summed E-state index contributed by atoms with van der Waals surface area (Å²) >= 11 is 1.48. The molecule has 0 heterocycles. The topological polar surface area (TPSA) is 156 Å². The maximum Gasteiger partial charge on any atom is 0.315 e. The highest BCUT2D eigenvalue weighted by Gasteiger charge is 2.42. The first-order chi connectivity index (χ1) is 11.7. The average molecular weight is 428 g/mol. The lowest BCUT2D eigenvalue weighted by molar-refractivity contribution is -0.126. The van der Waals surface area contributed by atoms with E-state index in [2.05, 4.69) is 0 Å². The number of hydrogen-bond acceptors (Lipinski definition) is 7. The molecule has 0 aliphatic carbocycles. The molecule has 0 unspecified atom stereocenters. The van der Waals surface area contributed by atoms with Crippen LogP contribution in [0.3, 0.4) is 0 Å². The smallest absolute Gasteiger partial charge is 0.315 e. The third-order valence-electron chi connectivity index (χ3n) is 3.39. The fourth-order valence-electron chi connectivity index (χ4n) is 2.00. The highest BCUT2D eigenvalue weighted by molar-refractivity contribution is 8.89. The van der Waals surface area contributed by atoms with E-state index in [1.165, 1.54) is 0 Å². The van der Waals surface area contributed by atoms with Crippen LogP contribution in [-0.2, 0) is 23.5 Å². The summed E-state index contributed by atoms with van der Waals surface area (Å²) in [5, 5.41) is -1.65. The van der Waals surface area contributed by atoms with Crippen LogP contribution < -0.4 is 17.2 Å². The van der Waals surface area contributed by atoms with Gasteiger partial charge in [-0.2, -0.15) is 0 Å². The Morgan fingerprint density at radius 2 is 1.08 bits per heavy atom. The van der Waals surface area contributed by atoms with Crippen molar-refractivity contribution in [1.82, 2.24) is 0 Å². The molecule has 3 amide bonds. The summed E-state index contributed by atoms with van der Waals surface area (Å²) in [6.45, 7) is 10.4. The zero-order valence-corrected chi connectivity index (χ0v) is 18.5. The molecule has 0 aliphatic rings. The molecule has 6 N–H and O–H groups in total. The van der Waals surface area contributed by atoms with Crippen molar-refractivity contribution in [2.45, 2.75) is 58.1 Å². The number of amides is 3. The van der Waals surface area contributed by atoms with Gasteiger partial charge in [0.05, 0.1) is 10.5 Å². The monoisotopic (exact) mass is 427 g/mol. The van der Waals surface area contributed by atoms with E-state index in [4.69, 9.17) is 21.7 Å². The van der Waals surface area contributed by atoms with Gasteiger partial charge in [0.2, 0.25) is 17.7 Å². The van der Waals surface area contributed by atoms with Gasteiger partial charge in [-0.3, -0.25) is 23.5 Å². The van der Waals surface area contributed by atoms with E-state index in [9.17, 15) is 18.9 Å². The van der Waals surface area contributed by atoms with Crippen molar-refractivity contribution in [3.05, 3.63) is 0 Å². The standard InChI is InChI=1S/C15H30N3O5PS2/c1-7(2)10(13(16)19)23-24(22,25-11(8(3)4)14(17)20)26-12(9(5)6)15(18)21/h7-12H,1-6H3,(H2,16,19)(H2,17,20)(H2,18,21)/t10-,11-,12-/m0/s1. The molecular weight excluding hydrogens is 397 g/mol. The summed E-state index contributed by atoms with van der Waals surface area (Å²) in [7, 11) is 0. The van der Waals surface area contributed by atoms with Crippen molar-refractivity contribution in [3.63, 3.8) is 0 Å². The second kappa shape index (κ2) is 10.6. The number of hydrogen-bond donors (Lipinski definition) is 3. The summed E-state index contributed by atoms with van der Waals surface area (Å²) < 4.78 is 19.2. The number of rotatable bonds is 12. The molecule has 152 valence electrons. The Morgan fingerprint density at radius 1 is 0.731 bits per heavy atom. The first-order valence-electron chi connectivity index (χ1n) is 8.25. The minimum absolute atomic E-state index is 0.229. The largest absolute Gasteiger partial charge is 0.369 e. The van der Waals surface area contributed by atoms with Crippen molar-refractivity contribution < 1.29 is 23.5 Å². The van der Waals surface area contributed by atoms with Gasteiger partial charge >= 0.3 is 5.77 Å². The molecule has 3 atom stereocenters. The Morgan fingerprint density at radius 3 is 1.27 bits per heavy atom. The maximum atomic E-state index is 13.6. The predicted molar refractivity (Wildman–Crippen MR) is 107 cm³/mol. The van der Waals surface area contributed by atoms with Crippen molar-refractivity contribution in [3.8, 4) is 0 Å². The maximum absolute atomic E-state index is 13.6. The van der Waals surface area contributed by atoms with Gasteiger partial charge in [0.25, 0.3) is 0 Å². The lowest BCUT2D eigenvalue weighted by Gasteiger charge is -2.30. The molecule has 26 heavy (non-hydrogen) atoms. The van der Waals surface area contributed by atoms with Gasteiger partial charge in [-0.25, -0.2) is 0 Å². The Labute approximate surface area is 163 Å². The summed E-state index contributed by atoms with van der Waals surface area (Å²) in [5.74, 6) is -6.68. The SMILES string of the molecule is CC(C)[C@H](OP(=O)(S[C@H](C(N)=O)C(C)C)S[C@H](C(N)=O)C(C)C)C(N)=O. The van der Waals surface area contributed by atoms with Gasteiger partial charge in [-0.1, -0.05) is 41.5 Å². The Hall–Kier alpha value is -0.700. The first kappa shape index (κ1) is 25.3. The molecule has 0 saturated heterocycles. The summed E-state index contributed by atoms with van der Waals surface area (Å²) in [6, 6.07) is 0. The summed E-state index contributed by atoms with van der Waals surface area (Å²) in [6.07, 6.45) is -1.14. The van der Waals surface area contributed by atoms with E-state index in [0.29, 0.717) is 0 Å². The van der Waals surface area contributed by atoms with Crippen molar-refractivity contribution in [2.75, 3.05) is 0 Å². The van der Waals surface area contributed by atoms with Crippen molar-refractivity contribution in [2.24, 2.45) is 35.0 Å². The van der Waals surface area contributed by atoms with Gasteiger partial charge in [0, 0.05) is 0 Å². The Kier molecular flexibility index (Phi) is 10.3. The Bertz CT molecular complexity index is 495. The number of primary amides is 3. The Balaban J connectivity index is 5.90. The minimum Gasteiger partial charge on any atom is -0.369 e. The molecule has 0 rings (SSSR count). The average Bonchev–Trinajstić information content (AvgIpc) is 2.46. The van der Waals surface area contributed by atoms with Gasteiger partial charge in [0.1, 0.15) is 6.10 Å². The van der Waals surface area contributed by atoms with E-state index in [0.717, 1.165) is 22.8 Å². The first-order valence-corrected chi connectivity index (χ1v) is 12.8. The normalized spacial score (nSPS) is 15.9. The highest BCUT2D eigenvalue weighted by Crippen LogP contribution is 2.74. The molecule has 0 aromatic rings. The van der Waals surface area contributed by atoms with Crippen LogP contribution in [0.25, 0.3) is 0 Å². The third kappa shape index (κ3) is 7.90. The van der Waals surface area contributed by atoms with Crippen LogP contribution >= 0.6 is 28.5 Å². The van der Waals surface area contributed by atoms with E-state index in [1.54, 1.807) is 41.5 Å². The van der Waals surface area contributed by atoms with Gasteiger partial charge in [-0.15, -0.1) is 0 Å². The second-order valence-corrected chi connectivity index (χ2v) is 14.3. The second-order valence-electron chi connectivity index (χ2n) is 6.96. The summed E-state index contributed by atoms with van der Waals surface area (Å²) in [4.78, 5) is 35.2. The lowest BCUT2D eigenvalue weighted by atomic mass is 10.1. The minimum atomic E-state index is -3.78. The molecule has 0 bridgehead atoms. The molecule has 0 aromatic heterocycles. The van der Waals surface area contributed by atoms with Crippen LogP contribution in [0.4, 0.5) is 0 Å². The lowest BCUT2D eigenvalue weighted by Crippen LogP contribution is -2.36. The fraction of sp³-hybridized carbons (Fsp3) is 0.800. The van der Waals surface area contributed by atoms with E-state index in [-0.39, 0.29) is 17.8 Å². The molecule has 0 aromatic carbocycles. The molecule has 0 aliphatic heterocycles. The molecular formula is C15H30N3O5PS2. The summed E-state index contributed by atoms with van der Waals surface area (Å²) in [5.41, 5.74) is 16.2. The van der Waals surface area contributed by atoms with Crippen LogP contribution in [0.5, 0.6) is 0 Å². The van der Waals surface area contributed by atoms with E-state index in [1.807, 2.05) is 0 Å². The van der Waals surface area contributed by atoms with Crippen LogP contribution in [0, 0.1) is 17.8 Å². The number of nitrogens with two attached hydrogens (primary N) is 3. The zero-order chi connectivity index (χ0) is 20.8. The fourth-order valence-corrected chi connectivity index (χ4v) is 10.9. The number of carbonyl (C=O) groups is 3. The van der Waals surface area contributed by atoms with Crippen molar-refractivity contribution in [1.29, 1.82) is 0 Å². The predicted octanol–water partition coefficient (Wildman–Crippen LogP) is 2.11. The molecule has 0 saturated carbocycles. The molecule has 11 heteroatoms. The van der Waals surface area contributed by atoms with Crippen LogP contribution in [0.1, 0.15) is 41.5 Å².